The fraction of sp³-hybridized carbons (Fsp3) is 0.174. The Hall–Kier alpha value is -3.27. The molecule has 0 saturated carbocycles. The lowest BCUT2D eigenvalue weighted by Gasteiger charge is -2.12. The summed E-state index contributed by atoms with van der Waals surface area (Å²) in [4.78, 5) is 12.4. The molecule has 1 unspecified atom stereocenters. The molecule has 0 spiro atoms. The van der Waals surface area contributed by atoms with E-state index in [9.17, 15) is 4.79 Å². The molecule has 136 valence electrons. The summed E-state index contributed by atoms with van der Waals surface area (Å²) in [5.74, 6) is 2.37. The number of aryl methyl sites for hydroxylation is 1. The van der Waals surface area contributed by atoms with Crippen molar-refractivity contribution in [3.8, 4) is 17.2 Å². The highest BCUT2D eigenvalue weighted by atomic mass is 16.5. The highest BCUT2D eigenvalue weighted by Crippen LogP contribution is 2.33. The second kappa shape index (κ2) is 7.54. The zero-order valence-corrected chi connectivity index (χ0v) is 15.1. The van der Waals surface area contributed by atoms with Gasteiger partial charge in [0.05, 0.1) is 6.54 Å². The quantitative estimate of drug-likeness (QED) is 0.728. The third-order valence-corrected chi connectivity index (χ3v) is 4.63. The molecular weight excluding hydrogens is 338 g/mol. The van der Waals surface area contributed by atoms with Crippen LogP contribution in [0.4, 0.5) is 0 Å². The molecule has 1 aliphatic rings. The Bertz CT molecular complexity index is 953. The highest BCUT2D eigenvalue weighted by Gasteiger charge is 2.24. The Kier molecular flexibility index (Phi) is 4.79. The van der Waals surface area contributed by atoms with Gasteiger partial charge in [-0.3, -0.25) is 4.79 Å². The third kappa shape index (κ3) is 3.95. The standard InChI is InChI=1S/C23H21NO3/c1-16-7-5-6-10-21(16)23(25)24-15-20-14-17-13-19(11-12-22(17)27-20)26-18-8-3-2-4-9-18/h2-13,20H,14-15H2,1H3,(H,24,25). The first-order valence-corrected chi connectivity index (χ1v) is 9.05. The molecule has 1 aliphatic heterocycles. The maximum absolute atomic E-state index is 12.4. The van der Waals surface area contributed by atoms with E-state index in [1.165, 1.54) is 0 Å². The lowest BCUT2D eigenvalue weighted by atomic mass is 10.1. The second-order valence-corrected chi connectivity index (χ2v) is 6.65. The zero-order chi connectivity index (χ0) is 18.6. The number of amides is 1. The predicted molar refractivity (Wildman–Crippen MR) is 105 cm³/mol. The van der Waals surface area contributed by atoms with E-state index in [-0.39, 0.29) is 12.0 Å². The van der Waals surface area contributed by atoms with Gasteiger partial charge >= 0.3 is 0 Å². The van der Waals surface area contributed by atoms with Crippen molar-refractivity contribution in [2.45, 2.75) is 19.4 Å². The molecule has 0 aromatic heterocycles. The van der Waals surface area contributed by atoms with E-state index >= 15 is 0 Å². The molecule has 4 rings (SSSR count). The van der Waals surface area contributed by atoms with Crippen molar-refractivity contribution in [3.63, 3.8) is 0 Å². The molecule has 1 heterocycles. The second-order valence-electron chi connectivity index (χ2n) is 6.65. The number of fused-ring (bicyclic) bond motifs is 1. The van der Waals surface area contributed by atoms with Gasteiger partial charge in [0, 0.05) is 17.5 Å². The van der Waals surface area contributed by atoms with E-state index < -0.39 is 0 Å². The highest BCUT2D eigenvalue weighted by molar-refractivity contribution is 5.95. The molecule has 0 fully saturated rings. The van der Waals surface area contributed by atoms with Crippen LogP contribution in [0.1, 0.15) is 21.5 Å². The number of hydrogen-bond acceptors (Lipinski definition) is 3. The van der Waals surface area contributed by atoms with Crippen molar-refractivity contribution in [1.29, 1.82) is 0 Å². The van der Waals surface area contributed by atoms with Crippen LogP contribution in [0, 0.1) is 6.92 Å². The van der Waals surface area contributed by atoms with Crippen LogP contribution in [0.3, 0.4) is 0 Å². The Morgan fingerprint density at radius 3 is 2.63 bits per heavy atom. The van der Waals surface area contributed by atoms with Crippen molar-refractivity contribution >= 4 is 5.91 Å². The van der Waals surface area contributed by atoms with Gasteiger partial charge in [-0.1, -0.05) is 36.4 Å². The van der Waals surface area contributed by atoms with Crippen molar-refractivity contribution in [2.24, 2.45) is 0 Å². The normalized spacial score (nSPS) is 14.9. The first-order chi connectivity index (χ1) is 13.2. The van der Waals surface area contributed by atoms with E-state index in [1.54, 1.807) is 0 Å². The number of hydrogen-bond donors (Lipinski definition) is 1. The molecule has 0 radical (unpaired) electrons. The van der Waals surface area contributed by atoms with Gasteiger partial charge in [-0.15, -0.1) is 0 Å². The Labute approximate surface area is 158 Å². The lowest BCUT2D eigenvalue weighted by molar-refractivity contribution is 0.0933. The maximum atomic E-state index is 12.4. The van der Waals surface area contributed by atoms with Gasteiger partial charge in [0.1, 0.15) is 23.4 Å². The van der Waals surface area contributed by atoms with Crippen LogP contribution >= 0.6 is 0 Å². The van der Waals surface area contributed by atoms with Gasteiger partial charge in [-0.2, -0.15) is 0 Å². The van der Waals surface area contributed by atoms with Crippen LogP contribution in [0.5, 0.6) is 17.2 Å². The van der Waals surface area contributed by atoms with Crippen LogP contribution in [0.2, 0.25) is 0 Å². The van der Waals surface area contributed by atoms with Gasteiger partial charge in [0.15, 0.2) is 0 Å². The van der Waals surface area contributed by atoms with Gasteiger partial charge in [-0.05, 0) is 48.9 Å². The number of carbonyl (C=O) groups is 1. The van der Waals surface area contributed by atoms with Gasteiger partial charge < -0.3 is 14.8 Å². The van der Waals surface area contributed by atoms with Crippen LogP contribution in [-0.4, -0.2) is 18.6 Å². The molecule has 1 N–H and O–H groups in total. The molecule has 4 heteroatoms. The van der Waals surface area contributed by atoms with Crippen LogP contribution in [-0.2, 0) is 6.42 Å². The molecule has 1 atom stereocenters. The first-order valence-electron chi connectivity index (χ1n) is 9.05. The SMILES string of the molecule is Cc1ccccc1C(=O)NCC1Cc2cc(Oc3ccccc3)ccc2O1. The minimum Gasteiger partial charge on any atom is -0.488 e. The molecule has 27 heavy (non-hydrogen) atoms. The van der Waals surface area contributed by atoms with Gasteiger partial charge in [0.25, 0.3) is 5.91 Å². The molecule has 0 aliphatic carbocycles. The van der Waals surface area contributed by atoms with E-state index in [2.05, 4.69) is 5.32 Å². The van der Waals surface area contributed by atoms with E-state index in [4.69, 9.17) is 9.47 Å². The number of rotatable bonds is 5. The van der Waals surface area contributed by atoms with Crippen LogP contribution in [0.15, 0.2) is 72.8 Å². The smallest absolute Gasteiger partial charge is 0.251 e. The average Bonchev–Trinajstić information content (AvgIpc) is 3.09. The zero-order valence-electron chi connectivity index (χ0n) is 15.1. The largest absolute Gasteiger partial charge is 0.488 e. The topological polar surface area (TPSA) is 47.6 Å². The van der Waals surface area contributed by atoms with Crippen LogP contribution < -0.4 is 14.8 Å². The summed E-state index contributed by atoms with van der Waals surface area (Å²) in [5.41, 5.74) is 2.76. The van der Waals surface area contributed by atoms with Crippen molar-refractivity contribution in [2.75, 3.05) is 6.54 Å². The van der Waals surface area contributed by atoms with Crippen molar-refractivity contribution < 1.29 is 14.3 Å². The number of nitrogens with one attached hydrogen (secondary N) is 1. The van der Waals surface area contributed by atoms with Crippen LogP contribution in [0.25, 0.3) is 0 Å². The summed E-state index contributed by atoms with van der Waals surface area (Å²) in [6.45, 7) is 2.40. The minimum atomic E-state index is -0.0695. The summed E-state index contributed by atoms with van der Waals surface area (Å²) in [7, 11) is 0. The number of ether oxygens (including phenoxy) is 2. The molecule has 0 bridgehead atoms. The summed E-state index contributed by atoms with van der Waals surface area (Å²) < 4.78 is 11.8. The Balaban J connectivity index is 1.37. The Morgan fingerprint density at radius 2 is 1.81 bits per heavy atom. The molecule has 3 aromatic rings. The lowest BCUT2D eigenvalue weighted by Crippen LogP contribution is -2.34. The monoisotopic (exact) mass is 359 g/mol. The number of benzene rings is 3. The third-order valence-electron chi connectivity index (χ3n) is 4.63. The summed E-state index contributed by atoms with van der Waals surface area (Å²) in [6, 6.07) is 23.1. The first kappa shape index (κ1) is 17.2. The average molecular weight is 359 g/mol. The Morgan fingerprint density at radius 1 is 1.04 bits per heavy atom. The summed E-state index contributed by atoms with van der Waals surface area (Å²) in [6.07, 6.45) is 0.676. The molecular formula is C23H21NO3. The molecule has 0 saturated heterocycles. The fourth-order valence-electron chi connectivity index (χ4n) is 3.23. The molecule has 1 amide bonds. The van der Waals surface area contributed by atoms with Gasteiger partial charge in [0.2, 0.25) is 0 Å². The molecule has 3 aromatic carbocycles. The maximum Gasteiger partial charge on any atom is 0.251 e. The minimum absolute atomic E-state index is 0.0687. The number of carbonyl (C=O) groups excluding carboxylic acids is 1. The number of para-hydroxylation sites is 1. The van der Waals surface area contributed by atoms with Crippen molar-refractivity contribution in [3.05, 3.63) is 89.5 Å². The van der Waals surface area contributed by atoms with Gasteiger partial charge in [-0.25, -0.2) is 0 Å². The summed E-state index contributed by atoms with van der Waals surface area (Å²) >= 11 is 0. The van der Waals surface area contributed by atoms with E-state index in [0.717, 1.165) is 34.8 Å². The van der Waals surface area contributed by atoms with Crippen molar-refractivity contribution in [1.82, 2.24) is 5.32 Å². The molecule has 4 nitrogen and oxygen atoms in total. The predicted octanol–water partition coefficient (Wildman–Crippen LogP) is 4.52. The fourth-order valence-corrected chi connectivity index (χ4v) is 3.23. The van der Waals surface area contributed by atoms with E-state index in [1.807, 2.05) is 79.7 Å². The summed E-state index contributed by atoms with van der Waals surface area (Å²) in [5, 5.41) is 2.98. The van der Waals surface area contributed by atoms with E-state index in [0.29, 0.717) is 12.1 Å².